The van der Waals surface area contributed by atoms with Crippen molar-refractivity contribution >= 4 is 23.1 Å². The summed E-state index contributed by atoms with van der Waals surface area (Å²) in [6.07, 6.45) is 0. The first kappa shape index (κ1) is 20.2. The Bertz CT molecular complexity index is 1120. The van der Waals surface area contributed by atoms with Crippen LogP contribution in [0.5, 0.6) is 11.5 Å². The molecule has 0 amide bonds. The van der Waals surface area contributed by atoms with Crippen molar-refractivity contribution in [2.24, 2.45) is 0 Å². The average Bonchev–Trinajstić information content (AvgIpc) is 3.38. The van der Waals surface area contributed by atoms with Crippen molar-refractivity contribution in [3.05, 3.63) is 71.0 Å². The van der Waals surface area contributed by atoms with Crippen LogP contribution in [0.2, 0.25) is 0 Å². The second kappa shape index (κ2) is 9.19. The van der Waals surface area contributed by atoms with Crippen molar-refractivity contribution in [2.75, 3.05) is 13.0 Å². The average molecular weight is 440 g/mol. The number of rotatable bonds is 8. The van der Waals surface area contributed by atoms with E-state index in [2.05, 4.69) is 46.8 Å². The first-order valence-electron chi connectivity index (χ1n) is 9.23. The molecule has 0 unspecified atom stereocenters. The van der Waals surface area contributed by atoms with Crippen LogP contribution in [0.1, 0.15) is 17.1 Å². The van der Waals surface area contributed by atoms with Gasteiger partial charge in [-0.15, -0.1) is 21.5 Å². The summed E-state index contributed by atoms with van der Waals surface area (Å²) >= 11 is 3.13. The number of benzene rings is 2. The van der Waals surface area contributed by atoms with Gasteiger partial charge in [0.05, 0.1) is 12.8 Å². The van der Waals surface area contributed by atoms with Crippen LogP contribution >= 0.6 is 23.1 Å². The van der Waals surface area contributed by atoms with E-state index < -0.39 is 0 Å². The third-order valence-corrected chi connectivity index (χ3v) is 6.26. The van der Waals surface area contributed by atoms with Crippen LogP contribution in [0, 0.1) is 6.92 Å². The van der Waals surface area contributed by atoms with Crippen LogP contribution in [0.15, 0.2) is 59.1 Å². The van der Waals surface area contributed by atoms with Gasteiger partial charge in [0.1, 0.15) is 23.1 Å². The van der Waals surface area contributed by atoms with Crippen molar-refractivity contribution in [2.45, 2.75) is 24.4 Å². The molecule has 0 saturated carbocycles. The maximum absolute atomic E-state index is 6.15. The topological polar surface area (TPSA) is 88.1 Å². The highest BCUT2D eigenvalue weighted by Crippen LogP contribution is 2.27. The van der Waals surface area contributed by atoms with E-state index in [4.69, 9.17) is 20.3 Å². The fourth-order valence-electron chi connectivity index (χ4n) is 2.68. The minimum absolute atomic E-state index is 0.214. The molecule has 7 nitrogen and oxygen atoms in total. The van der Waals surface area contributed by atoms with Crippen molar-refractivity contribution in [3.63, 3.8) is 0 Å². The van der Waals surface area contributed by atoms with Crippen LogP contribution in [0.25, 0.3) is 10.6 Å². The zero-order valence-corrected chi connectivity index (χ0v) is 18.2. The Kier molecular flexibility index (Phi) is 6.20. The maximum Gasteiger partial charge on any atom is 0.210 e. The van der Waals surface area contributed by atoms with E-state index in [-0.39, 0.29) is 6.61 Å². The molecule has 0 saturated heterocycles. The van der Waals surface area contributed by atoms with Gasteiger partial charge in [-0.1, -0.05) is 47.7 Å². The second-order valence-corrected chi connectivity index (χ2v) is 8.34. The van der Waals surface area contributed by atoms with Gasteiger partial charge in [0.15, 0.2) is 5.82 Å². The molecule has 2 aromatic heterocycles. The molecule has 4 rings (SSSR count). The number of aryl methyl sites for hydroxylation is 1. The highest BCUT2D eigenvalue weighted by atomic mass is 32.2. The Hall–Kier alpha value is -3.04. The first-order valence-corrected chi connectivity index (χ1v) is 11.1. The molecule has 0 radical (unpaired) electrons. The SMILES string of the molecule is COc1cccc(OCc2nnc(SCc3csc(-c4ccc(C)cc4)n3)n2N)c1. The molecular weight excluding hydrogens is 418 g/mol. The summed E-state index contributed by atoms with van der Waals surface area (Å²) in [5.41, 5.74) is 3.35. The summed E-state index contributed by atoms with van der Waals surface area (Å²) in [4.78, 5) is 4.72. The van der Waals surface area contributed by atoms with E-state index in [0.29, 0.717) is 22.5 Å². The number of hydrogen-bond acceptors (Lipinski definition) is 8. The minimum Gasteiger partial charge on any atom is -0.497 e. The number of nitrogen functional groups attached to an aromatic ring is 1. The van der Waals surface area contributed by atoms with Gasteiger partial charge in [0.25, 0.3) is 0 Å². The quantitative estimate of drug-likeness (QED) is 0.323. The maximum atomic E-state index is 6.15. The van der Waals surface area contributed by atoms with E-state index >= 15 is 0 Å². The van der Waals surface area contributed by atoms with Crippen LogP contribution in [0.3, 0.4) is 0 Å². The molecule has 4 aromatic rings. The molecule has 2 heterocycles. The fraction of sp³-hybridized carbons (Fsp3) is 0.190. The molecule has 0 fully saturated rings. The summed E-state index contributed by atoms with van der Waals surface area (Å²) in [5.74, 6) is 8.75. The van der Waals surface area contributed by atoms with E-state index in [0.717, 1.165) is 22.0 Å². The molecule has 154 valence electrons. The van der Waals surface area contributed by atoms with Crippen molar-refractivity contribution in [3.8, 4) is 22.1 Å². The Morgan fingerprint density at radius 1 is 1.10 bits per heavy atom. The number of nitrogens with zero attached hydrogens (tertiary/aromatic N) is 4. The summed E-state index contributed by atoms with van der Waals surface area (Å²) in [5, 5.41) is 12.0. The lowest BCUT2D eigenvalue weighted by Crippen LogP contribution is -2.15. The van der Waals surface area contributed by atoms with Crippen molar-refractivity contribution < 1.29 is 9.47 Å². The number of methoxy groups -OCH3 is 1. The second-order valence-electron chi connectivity index (χ2n) is 6.54. The fourth-order valence-corrected chi connectivity index (χ4v) is 4.38. The lowest BCUT2D eigenvalue weighted by Gasteiger charge is -2.07. The summed E-state index contributed by atoms with van der Waals surface area (Å²) in [7, 11) is 1.62. The van der Waals surface area contributed by atoms with Crippen LogP contribution in [-0.4, -0.2) is 27.0 Å². The Morgan fingerprint density at radius 2 is 1.90 bits per heavy atom. The van der Waals surface area contributed by atoms with Gasteiger partial charge < -0.3 is 15.3 Å². The summed E-state index contributed by atoms with van der Waals surface area (Å²) < 4.78 is 12.4. The molecule has 0 aliphatic rings. The van der Waals surface area contributed by atoms with Gasteiger partial charge >= 0.3 is 0 Å². The number of hydrogen-bond donors (Lipinski definition) is 1. The lowest BCUT2D eigenvalue weighted by molar-refractivity contribution is 0.289. The third-order valence-electron chi connectivity index (χ3n) is 4.34. The zero-order valence-electron chi connectivity index (χ0n) is 16.6. The predicted molar refractivity (Wildman–Crippen MR) is 119 cm³/mol. The highest BCUT2D eigenvalue weighted by Gasteiger charge is 2.13. The highest BCUT2D eigenvalue weighted by molar-refractivity contribution is 7.98. The molecule has 0 atom stereocenters. The predicted octanol–water partition coefficient (Wildman–Crippen LogP) is 4.30. The number of ether oxygens (including phenoxy) is 2. The van der Waals surface area contributed by atoms with E-state index in [9.17, 15) is 0 Å². The smallest absolute Gasteiger partial charge is 0.210 e. The third kappa shape index (κ3) is 4.74. The normalized spacial score (nSPS) is 10.9. The van der Waals surface area contributed by atoms with Gasteiger partial charge in [-0.3, -0.25) is 0 Å². The van der Waals surface area contributed by atoms with Crippen LogP contribution in [0.4, 0.5) is 0 Å². The molecule has 0 spiro atoms. The number of thioether (sulfide) groups is 1. The number of nitrogens with two attached hydrogens (primary N) is 1. The molecule has 0 bridgehead atoms. The number of thiazole rings is 1. The Morgan fingerprint density at radius 3 is 2.70 bits per heavy atom. The molecule has 0 aliphatic heterocycles. The minimum atomic E-state index is 0.214. The zero-order chi connectivity index (χ0) is 20.9. The largest absolute Gasteiger partial charge is 0.497 e. The summed E-state index contributed by atoms with van der Waals surface area (Å²) in [6, 6.07) is 15.8. The van der Waals surface area contributed by atoms with Crippen LogP contribution in [-0.2, 0) is 12.4 Å². The van der Waals surface area contributed by atoms with Crippen molar-refractivity contribution in [1.29, 1.82) is 0 Å². The monoisotopic (exact) mass is 439 g/mol. The molecule has 2 aromatic carbocycles. The van der Waals surface area contributed by atoms with E-state index in [1.54, 1.807) is 24.5 Å². The number of aromatic nitrogens is 4. The molecule has 9 heteroatoms. The molecular formula is C21H21N5O2S2. The molecule has 0 aliphatic carbocycles. The van der Waals surface area contributed by atoms with E-state index in [1.807, 2.05) is 18.2 Å². The van der Waals surface area contributed by atoms with Gasteiger partial charge in [-0.25, -0.2) is 9.66 Å². The van der Waals surface area contributed by atoms with Crippen molar-refractivity contribution in [1.82, 2.24) is 19.9 Å². The standard InChI is InChI=1S/C21H21N5O2S2/c1-14-6-8-15(9-7-14)20-23-16(12-29-20)13-30-21-25-24-19(26(21)22)11-28-18-5-3-4-17(10-18)27-2/h3-10,12H,11,13,22H2,1-2H3. The van der Waals surface area contributed by atoms with Gasteiger partial charge in [-0.05, 0) is 19.1 Å². The van der Waals surface area contributed by atoms with E-state index in [1.165, 1.54) is 22.0 Å². The van der Waals surface area contributed by atoms with Gasteiger partial charge in [-0.2, -0.15) is 0 Å². The van der Waals surface area contributed by atoms with Gasteiger partial charge in [0, 0.05) is 22.8 Å². The lowest BCUT2D eigenvalue weighted by atomic mass is 10.2. The van der Waals surface area contributed by atoms with Gasteiger partial charge in [0.2, 0.25) is 5.16 Å². The van der Waals surface area contributed by atoms with Crippen LogP contribution < -0.4 is 15.3 Å². The first-order chi connectivity index (χ1) is 14.6. The Balaban J connectivity index is 1.36. The Labute approximate surface area is 182 Å². The summed E-state index contributed by atoms with van der Waals surface area (Å²) in [6.45, 7) is 2.29. The molecule has 2 N–H and O–H groups in total. The molecule has 30 heavy (non-hydrogen) atoms.